The van der Waals surface area contributed by atoms with Crippen molar-refractivity contribution in [2.24, 2.45) is 0 Å². The minimum atomic E-state index is -0.445. The molecule has 0 aliphatic carbocycles. The minimum Gasteiger partial charge on any atom is -0.490 e. The van der Waals surface area contributed by atoms with Crippen molar-refractivity contribution in [1.82, 2.24) is 34.1 Å². The highest BCUT2D eigenvalue weighted by Crippen LogP contribution is 2.36. The predicted octanol–water partition coefficient (Wildman–Crippen LogP) is 2.36. The fourth-order valence-corrected chi connectivity index (χ4v) is 3.97. The van der Waals surface area contributed by atoms with Gasteiger partial charge in [-0.15, -0.1) is 0 Å². The highest BCUT2D eigenvalue weighted by atomic mass is 19.1. The van der Waals surface area contributed by atoms with Gasteiger partial charge in [-0.25, -0.2) is 19.2 Å². The van der Waals surface area contributed by atoms with Gasteiger partial charge < -0.3 is 9.72 Å². The molecule has 0 radical (unpaired) electrons. The molecule has 5 heterocycles. The molecule has 1 unspecified atom stereocenters. The van der Waals surface area contributed by atoms with E-state index in [1.807, 2.05) is 6.07 Å². The molecule has 9 nitrogen and oxygen atoms in total. The van der Waals surface area contributed by atoms with E-state index in [4.69, 9.17) is 4.74 Å². The molecule has 6 rings (SSSR count). The first-order valence-electron chi connectivity index (χ1n) is 9.36. The fourth-order valence-electron chi connectivity index (χ4n) is 3.97. The number of para-hydroxylation sites is 1. The summed E-state index contributed by atoms with van der Waals surface area (Å²) >= 11 is 0. The molecule has 4 aromatic heterocycles. The second-order valence-corrected chi connectivity index (χ2v) is 7.00. The highest BCUT2D eigenvalue weighted by Gasteiger charge is 2.28. The van der Waals surface area contributed by atoms with Gasteiger partial charge in [0, 0.05) is 18.2 Å². The van der Waals surface area contributed by atoms with Crippen molar-refractivity contribution in [3.05, 3.63) is 71.0 Å². The van der Waals surface area contributed by atoms with Crippen molar-refractivity contribution < 1.29 is 9.13 Å². The van der Waals surface area contributed by atoms with E-state index in [0.29, 0.717) is 41.2 Å². The van der Waals surface area contributed by atoms with Gasteiger partial charge in [0.1, 0.15) is 17.4 Å². The lowest BCUT2D eigenvalue weighted by molar-refractivity contribution is 0.244. The lowest BCUT2D eigenvalue weighted by atomic mass is 10.00. The first-order chi connectivity index (χ1) is 14.7. The predicted molar refractivity (Wildman–Crippen MR) is 105 cm³/mol. The lowest BCUT2D eigenvalue weighted by Gasteiger charge is -2.26. The van der Waals surface area contributed by atoms with Crippen molar-refractivity contribution in [1.29, 1.82) is 0 Å². The number of H-pyrrole nitrogens is 1. The second-order valence-electron chi connectivity index (χ2n) is 7.00. The van der Waals surface area contributed by atoms with Crippen molar-refractivity contribution >= 4 is 22.2 Å². The van der Waals surface area contributed by atoms with Crippen molar-refractivity contribution in [2.75, 3.05) is 6.61 Å². The lowest BCUT2D eigenvalue weighted by Crippen LogP contribution is -2.28. The number of fused-ring (bicyclic) bond motifs is 3. The van der Waals surface area contributed by atoms with Crippen molar-refractivity contribution in [2.45, 2.75) is 12.5 Å². The summed E-state index contributed by atoms with van der Waals surface area (Å²) in [5.41, 5.74) is 2.72. The van der Waals surface area contributed by atoms with Gasteiger partial charge in [-0.1, -0.05) is 12.1 Å². The van der Waals surface area contributed by atoms with Crippen molar-refractivity contribution in [3.63, 3.8) is 0 Å². The molecule has 0 saturated heterocycles. The van der Waals surface area contributed by atoms with Crippen LogP contribution in [-0.2, 0) is 0 Å². The molecule has 0 fully saturated rings. The molecule has 0 bridgehead atoms. The van der Waals surface area contributed by atoms with E-state index in [2.05, 4.69) is 24.9 Å². The number of imidazole rings is 2. The van der Waals surface area contributed by atoms with Gasteiger partial charge in [0.05, 0.1) is 30.6 Å². The Hall–Kier alpha value is -4.08. The molecule has 1 aromatic carbocycles. The third-order valence-corrected chi connectivity index (χ3v) is 5.32. The van der Waals surface area contributed by atoms with Crippen LogP contribution in [0.2, 0.25) is 0 Å². The maximum absolute atomic E-state index is 14.2. The standard InChI is InChI=1S/C20H14FN7O2/c21-12-3-1-2-11-15(5-7-30-17(11)12)28-18-14(25-20(28)29)9-23-19(26-18)27-10-24-13-8-22-6-4-16(13)27/h1-4,6,8-10,15H,5,7H2,(H,25,29). The Morgan fingerprint density at radius 2 is 2.13 bits per heavy atom. The number of halogens is 1. The third-order valence-electron chi connectivity index (χ3n) is 5.32. The summed E-state index contributed by atoms with van der Waals surface area (Å²) in [7, 11) is 0. The van der Waals surface area contributed by atoms with Crippen LogP contribution in [-0.4, -0.2) is 40.7 Å². The maximum atomic E-state index is 14.2. The molecule has 10 heteroatoms. The first kappa shape index (κ1) is 16.8. The Balaban J connectivity index is 1.57. The molecule has 0 spiro atoms. The van der Waals surface area contributed by atoms with E-state index in [9.17, 15) is 9.18 Å². The number of aromatic amines is 1. The topological polar surface area (TPSA) is 104 Å². The molecule has 148 valence electrons. The van der Waals surface area contributed by atoms with E-state index in [1.165, 1.54) is 6.07 Å². The molecule has 5 aromatic rings. The van der Waals surface area contributed by atoms with E-state index in [1.54, 1.807) is 46.2 Å². The van der Waals surface area contributed by atoms with Crippen LogP contribution in [0.25, 0.3) is 28.1 Å². The highest BCUT2D eigenvalue weighted by molar-refractivity contribution is 5.76. The SMILES string of the molecule is O=c1[nH]c2cnc(-n3cnc4cnccc43)nc2n1C1CCOc2c(F)cccc21. The molecular formula is C20H14FN7O2. The molecule has 1 atom stereocenters. The first-order valence-corrected chi connectivity index (χ1v) is 9.36. The smallest absolute Gasteiger partial charge is 0.328 e. The van der Waals surface area contributed by atoms with Crippen LogP contribution in [0.1, 0.15) is 18.0 Å². The quantitative estimate of drug-likeness (QED) is 0.485. The van der Waals surface area contributed by atoms with Gasteiger partial charge in [-0.05, 0) is 12.1 Å². The number of rotatable bonds is 2. The van der Waals surface area contributed by atoms with Crippen LogP contribution in [0.4, 0.5) is 4.39 Å². The number of ether oxygens (including phenoxy) is 1. The van der Waals surface area contributed by atoms with Crippen LogP contribution in [0.3, 0.4) is 0 Å². The van der Waals surface area contributed by atoms with Gasteiger partial charge in [-0.2, -0.15) is 4.98 Å². The minimum absolute atomic E-state index is 0.178. The zero-order valence-corrected chi connectivity index (χ0v) is 15.5. The van der Waals surface area contributed by atoms with Gasteiger partial charge in [0.2, 0.25) is 5.95 Å². The summed E-state index contributed by atoms with van der Waals surface area (Å²) in [6.45, 7) is 0.300. The molecule has 0 amide bonds. The van der Waals surface area contributed by atoms with E-state index in [-0.39, 0.29) is 11.4 Å². The van der Waals surface area contributed by atoms with Crippen LogP contribution >= 0.6 is 0 Å². The Bertz CT molecular complexity index is 1490. The second kappa shape index (κ2) is 6.21. The maximum Gasteiger partial charge on any atom is 0.328 e. The van der Waals surface area contributed by atoms with E-state index < -0.39 is 11.9 Å². The van der Waals surface area contributed by atoms with Crippen LogP contribution in [0.5, 0.6) is 5.75 Å². The summed E-state index contributed by atoms with van der Waals surface area (Å²) in [4.78, 5) is 33.0. The summed E-state index contributed by atoms with van der Waals surface area (Å²) in [6, 6.07) is 6.14. The number of pyridine rings is 1. The van der Waals surface area contributed by atoms with Gasteiger partial charge in [0.25, 0.3) is 0 Å². The Morgan fingerprint density at radius 1 is 1.20 bits per heavy atom. The number of hydrogen-bond acceptors (Lipinski definition) is 6. The summed E-state index contributed by atoms with van der Waals surface area (Å²) in [6.07, 6.45) is 7.02. The molecule has 30 heavy (non-hydrogen) atoms. The van der Waals surface area contributed by atoms with Crippen LogP contribution in [0, 0.1) is 5.82 Å². The molecule has 0 saturated carbocycles. The average molecular weight is 403 g/mol. The number of nitrogens with zero attached hydrogens (tertiary/aromatic N) is 6. The monoisotopic (exact) mass is 403 g/mol. The number of nitrogens with one attached hydrogen (secondary N) is 1. The van der Waals surface area contributed by atoms with Gasteiger partial charge in [-0.3, -0.25) is 14.1 Å². The van der Waals surface area contributed by atoms with Gasteiger partial charge >= 0.3 is 5.69 Å². The average Bonchev–Trinajstić information content (AvgIpc) is 3.33. The Morgan fingerprint density at radius 3 is 3.07 bits per heavy atom. The summed E-state index contributed by atoms with van der Waals surface area (Å²) in [5, 5.41) is 0. The van der Waals surface area contributed by atoms with Gasteiger partial charge in [0.15, 0.2) is 17.2 Å². The normalized spacial score (nSPS) is 16.0. The van der Waals surface area contributed by atoms with E-state index >= 15 is 0 Å². The number of benzene rings is 1. The number of hydrogen-bond donors (Lipinski definition) is 1. The summed E-state index contributed by atoms with van der Waals surface area (Å²) < 4.78 is 23.0. The Labute approximate surface area is 167 Å². The Kier molecular flexibility index (Phi) is 3.48. The van der Waals surface area contributed by atoms with Crippen LogP contribution < -0.4 is 10.4 Å². The molecule has 1 aliphatic heterocycles. The third kappa shape index (κ3) is 2.36. The fraction of sp³-hybridized carbons (Fsp3) is 0.150. The van der Waals surface area contributed by atoms with Crippen LogP contribution in [0.15, 0.2) is 54.0 Å². The molecule has 1 N–H and O–H groups in total. The zero-order chi connectivity index (χ0) is 20.2. The van der Waals surface area contributed by atoms with Crippen molar-refractivity contribution in [3.8, 4) is 11.7 Å². The van der Waals surface area contributed by atoms with E-state index in [0.717, 1.165) is 5.52 Å². The summed E-state index contributed by atoms with van der Waals surface area (Å²) in [5.74, 6) is 0.103. The zero-order valence-electron chi connectivity index (χ0n) is 15.5. The largest absolute Gasteiger partial charge is 0.490 e. The molecule has 1 aliphatic rings. The number of aromatic nitrogens is 7. The molecular weight excluding hydrogens is 389 g/mol.